The molecular weight excluding hydrogens is 462 g/mol. The highest BCUT2D eigenvalue weighted by Gasteiger charge is 2.45. The third-order valence-corrected chi connectivity index (χ3v) is 6.75. The lowest BCUT2D eigenvalue weighted by molar-refractivity contribution is -0.150. The Morgan fingerprint density at radius 3 is 2.47 bits per heavy atom. The Bertz CT molecular complexity index is 1350. The van der Waals surface area contributed by atoms with Crippen molar-refractivity contribution in [3.05, 3.63) is 35.0 Å². The van der Waals surface area contributed by atoms with Gasteiger partial charge in [0.1, 0.15) is 22.8 Å². The molecule has 0 bridgehead atoms. The van der Waals surface area contributed by atoms with Crippen LogP contribution in [-0.4, -0.2) is 43.1 Å². The second-order valence-corrected chi connectivity index (χ2v) is 11.6. The molecule has 9 nitrogen and oxygen atoms in total. The van der Waals surface area contributed by atoms with Crippen LogP contribution in [0.1, 0.15) is 88.7 Å². The Balaban J connectivity index is 1.75. The maximum absolute atomic E-state index is 13.4. The van der Waals surface area contributed by atoms with Crippen LogP contribution in [0.3, 0.4) is 0 Å². The predicted molar refractivity (Wildman–Crippen MR) is 132 cm³/mol. The van der Waals surface area contributed by atoms with Crippen LogP contribution in [0.15, 0.2) is 16.7 Å². The molecule has 3 aromatic rings. The van der Waals surface area contributed by atoms with Crippen LogP contribution >= 0.6 is 0 Å². The van der Waals surface area contributed by atoms with Crippen molar-refractivity contribution in [3.63, 3.8) is 0 Å². The first-order chi connectivity index (χ1) is 16.8. The van der Waals surface area contributed by atoms with Crippen LogP contribution in [0, 0.1) is 19.8 Å². The molecule has 192 valence electrons. The Morgan fingerprint density at radius 2 is 1.94 bits per heavy atom. The zero-order valence-electron chi connectivity index (χ0n) is 21.8. The number of carbonyl (C=O) groups is 2. The number of hydrogen-bond donors (Lipinski definition) is 1. The molecule has 1 aromatic carbocycles. The van der Waals surface area contributed by atoms with Gasteiger partial charge in [0, 0.05) is 23.5 Å². The highest BCUT2D eigenvalue weighted by Crippen LogP contribution is 2.45. The van der Waals surface area contributed by atoms with Crippen LogP contribution in [0.2, 0.25) is 0 Å². The van der Waals surface area contributed by atoms with Crippen LogP contribution in [0.25, 0.3) is 22.2 Å². The highest BCUT2D eigenvalue weighted by atomic mass is 16.6. The molecular formula is C27H33N3O6. The van der Waals surface area contributed by atoms with E-state index >= 15 is 0 Å². The number of aryl methyl sites for hydroxylation is 2. The van der Waals surface area contributed by atoms with Gasteiger partial charge in [0.15, 0.2) is 0 Å². The first kappa shape index (κ1) is 24.5. The molecule has 5 rings (SSSR count). The number of imidazole rings is 1. The number of fused-ring (bicyclic) bond motifs is 1. The summed E-state index contributed by atoms with van der Waals surface area (Å²) in [6.45, 7) is 12.8. The summed E-state index contributed by atoms with van der Waals surface area (Å²) < 4.78 is 18.2. The summed E-state index contributed by atoms with van der Waals surface area (Å²) in [6, 6.07) is 3.68. The van der Waals surface area contributed by atoms with E-state index in [2.05, 4.69) is 5.16 Å². The van der Waals surface area contributed by atoms with Gasteiger partial charge in [-0.1, -0.05) is 5.16 Å². The number of carbonyl (C=O) groups excluding carboxylic acids is 2. The van der Waals surface area contributed by atoms with Gasteiger partial charge in [-0.25, -0.2) is 14.3 Å². The quantitative estimate of drug-likeness (QED) is 0.482. The molecule has 1 aliphatic heterocycles. The second-order valence-electron chi connectivity index (χ2n) is 11.6. The van der Waals surface area contributed by atoms with Gasteiger partial charge in [0.2, 0.25) is 0 Å². The van der Waals surface area contributed by atoms with Crippen molar-refractivity contribution in [3.8, 4) is 11.1 Å². The number of aliphatic hydroxyl groups excluding tert-OH is 1. The molecule has 2 unspecified atom stereocenters. The first-order valence-electron chi connectivity index (χ1n) is 12.4. The monoisotopic (exact) mass is 495 g/mol. The molecule has 3 heterocycles. The zero-order valence-corrected chi connectivity index (χ0v) is 21.8. The maximum Gasteiger partial charge on any atom is 0.420 e. The van der Waals surface area contributed by atoms with E-state index in [1.807, 2.05) is 60.6 Å². The van der Waals surface area contributed by atoms with E-state index in [1.165, 1.54) is 4.57 Å². The molecule has 2 aliphatic rings. The van der Waals surface area contributed by atoms with Gasteiger partial charge < -0.3 is 19.1 Å². The van der Waals surface area contributed by atoms with E-state index in [9.17, 15) is 14.7 Å². The number of rotatable bonds is 4. The van der Waals surface area contributed by atoms with Crippen molar-refractivity contribution in [1.29, 1.82) is 0 Å². The van der Waals surface area contributed by atoms with Gasteiger partial charge in [0.25, 0.3) is 0 Å². The lowest BCUT2D eigenvalue weighted by atomic mass is 9.87. The number of cyclic esters (lactones) is 1. The third-order valence-electron chi connectivity index (χ3n) is 6.75. The van der Waals surface area contributed by atoms with Gasteiger partial charge in [-0.2, -0.15) is 0 Å². The molecule has 1 N–H and O–H groups in total. The smallest absolute Gasteiger partial charge is 0.420 e. The van der Waals surface area contributed by atoms with Crippen molar-refractivity contribution in [1.82, 2.24) is 14.7 Å². The molecule has 2 fully saturated rings. The molecule has 2 atom stereocenters. The molecule has 9 heteroatoms. The van der Waals surface area contributed by atoms with E-state index in [0.717, 1.165) is 18.4 Å². The third kappa shape index (κ3) is 4.30. The SMILES string of the molecule is Cc1noc(C)c1-c1cc(C(O)C2CC(C)(C)OC2=O)c2nc(C3CC3)n(C(=O)OC(C)(C)C)c2c1. The van der Waals surface area contributed by atoms with E-state index in [0.29, 0.717) is 45.9 Å². The van der Waals surface area contributed by atoms with Crippen LogP contribution in [0.4, 0.5) is 4.79 Å². The van der Waals surface area contributed by atoms with Crippen molar-refractivity contribution in [2.24, 2.45) is 5.92 Å². The molecule has 1 aliphatic carbocycles. The fourth-order valence-corrected chi connectivity index (χ4v) is 5.06. The summed E-state index contributed by atoms with van der Waals surface area (Å²) in [5.41, 5.74) is 2.25. The Morgan fingerprint density at radius 1 is 1.25 bits per heavy atom. The van der Waals surface area contributed by atoms with Crippen LogP contribution < -0.4 is 0 Å². The van der Waals surface area contributed by atoms with E-state index in [4.69, 9.17) is 19.0 Å². The van der Waals surface area contributed by atoms with Gasteiger partial charge in [-0.3, -0.25) is 4.79 Å². The summed E-state index contributed by atoms with van der Waals surface area (Å²) in [5.74, 6) is 0.154. The number of hydrogen-bond acceptors (Lipinski definition) is 8. The molecule has 0 amide bonds. The van der Waals surface area contributed by atoms with Gasteiger partial charge >= 0.3 is 12.1 Å². The molecule has 0 spiro atoms. The van der Waals surface area contributed by atoms with Crippen LogP contribution in [-0.2, 0) is 14.3 Å². The van der Waals surface area contributed by atoms with Gasteiger partial charge in [-0.15, -0.1) is 0 Å². The number of esters is 1. The normalized spacial score (nSPS) is 20.6. The minimum atomic E-state index is -1.17. The average Bonchev–Trinajstić information content (AvgIpc) is 3.36. The number of benzene rings is 1. The van der Waals surface area contributed by atoms with Crippen molar-refractivity contribution in [2.75, 3.05) is 0 Å². The molecule has 36 heavy (non-hydrogen) atoms. The zero-order chi connectivity index (χ0) is 26.2. The predicted octanol–water partition coefficient (Wildman–Crippen LogP) is 5.34. The largest absolute Gasteiger partial charge is 0.459 e. The number of ether oxygens (including phenoxy) is 2. The Hall–Kier alpha value is -3.20. The van der Waals surface area contributed by atoms with Gasteiger partial charge in [-0.05, 0) is 79.0 Å². The summed E-state index contributed by atoms with van der Waals surface area (Å²) in [7, 11) is 0. The number of nitrogens with zero attached hydrogens (tertiary/aromatic N) is 3. The standard InChI is InChI=1S/C27H33N3O6/c1-13-20(14(2)36-29-13)16-10-17(22(31)18-12-27(6,7)34-24(18)32)21-19(11-16)30(23(28-21)15-8-9-15)25(33)35-26(3,4)5/h10-11,15,18,22,31H,8-9,12H2,1-7H3. The number of aromatic nitrogens is 3. The van der Waals surface area contributed by atoms with Crippen molar-refractivity contribution >= 4 is 23.1 Å². The van der Waals surface area contributed by atoms with Crippen LogP contribution in [0.5, 0.6) is 0 Å². The molecule has 0 radical (unpaired) electrons. The molecule has 2 aromatic heterocycles. The fourth-order valence-electron chi connectivity index (χ4n) is 5.06. The lowest BCUT2D eigenvalue weighted by Crippen LogP contribution is -2.28. The summed E-state index contributed by atoms with van der Waals surface area (Å²) in [5, 5.41) is 15.6. The minimum absolute atomic E-state index is 0.132. The lowest BCUT2D eigenvalue weighted by Gasteiger charge is -2.21. The topological polar surface area (TPSA) is 117 Å². The first-order valence-corrected chi connectivity index (χ1v) is 12.4. The van der Waals surface area contributed by atoms with Crippen molar-refractivity contribution < 1.29 is 28.7 Å². The molecule has 1 saturated heterocycles. The van der Waals surface area contributed by atoms with E-state index in [1.54, 1.807) is 0 Å². The maximum atomic E-state index is 13.4. The average molecular weight is 496 g/mol. The Labute approximate surface area is 209 Å². The Kier molecular flexibility index (Phi) is 5.55. The number of aliphatic hydroxyl groups is 1. The van der Waals surface area contributed by atoms with Crippen molar-refractivity contribution in [2.45, 2.75) is 91.0 Å². The highest BCUT2D eigenvalue weighted by molar-refractivity contribution is 5.94. The van der Waals surface area contributed by atoms with E-state index in [-0.39, 0.29) is 5.92 Å². The molecule has 1 saturated carbocycles. The second kappa shape index (κ2) is 8.16. The minimum Gasteiger partial charge on any atom is -0.459 e. The fraction of sp³-hybridized carbons (Fsp3) is 0.556. The summed E-state index contributed by atoms with van der Waals surface area (Å²) >= 11 is 0. The summed E-state index contributed by atoms with van der Waals surface area (Å²) in [6.07, 6.45) is 0.515. The van der Waals surface area contributed by atoms with E-state index < -0.39 is 35.3 Å². The van der Waals surface area contributed by atoms with Gasteiger partial charge in [0.05, 0.1) is 28.7 Å². The summed E-state index contributed by atoms with van der Waals surface area (Å²) in [4.78, 5) is 31.0.